The molecular weight excluding hydrogens is 593 g/mol. The van der Waals surface area contributed by atoms with Gasteiger partial charge in [0.05, 0.1) is 16.7 Å². The molecule has 10 rings (SSSR count). The van der Waals surface area contributed by atoms with Gasteiger partial charge in [0.25, 0.3) is 0 Å². The predicted molar refractivity (Wildman–Crippen MR) is 208 cm³/mol. The molecule has 0 aliphatic carbocycles. The Labute approximate surface area is 286 Å². The second kappa shape index (κ2) is 10.4. The van der Waals surface area contributed by atoms with E-state index in [1.165, 1.54) is 71.3 Å². The molecule has 0 amide bonds. The van der Waals surface area contributed by atoms with Crippen molar-refractivity contribution in [2.45, 2.75) is 19.3 Å². The van der Waals surface area contributed by atoms with Crippen LogP contribution in [0, 0.1) is 0 Å². The first kappa shape index (κ1) is 27.9. The van der Waals surface area contributed by atoms with Crippen LogP contribution in [0.2, 0.25) is 0 Å². The largest absolute Gasteiger partial charge is 0.310 e. The summed E-state index contributed by atoms with van der Waals surface area (Å²) in [5.74, 6) is 0. The average molecular weight is 627 g/mol. The van der Waals surface area contributed by atoms with E-state index in [4.69, 9.17) is 0 Å². The van der Waals surface area contributed by atoms with E-state index < -0.39 is 0 Å². The van der Waals surface area contributed by atoms with Crippen molar-refractivity contribution in [3.8, 4) is 16.8 Å². The maximum atomic E-state index is 2.49. The molecule has 2 heteroatoms. The Morgan fingerprint density at radius 1 is 0.429 bits per heavy atom. The Morgan fingerprint density at radius 3 is 1.88 bits per heavy atom. The number of para-hydroxylation sites is 3. The summed E-state index contributed by atoms with van der Waals surface area (Å²) >= 11 is 0. The maximum Gasteiger partial charge on any atom is 0.0582 e. The number of aromatic nitrogens is 1. The van der Waals surface area contributed by atoms with E-state index >= 15 is 0 Å². The topological polar surface area (TPSA) is 8.17 Å². The molecule has 0 radical (unpaired) electrons. The maximum absolute atomic E-state index is 2.49. The van der Waals surface area contributed by atoms with Gasteiger partial charge in [-0.15, -0.1) is 0 Å². The monoisotopic (exact) mass is 626 g/mol. The SMILES string of the molecule is CC1(C)c2ccccc2-n2c3ccc(-c4ccc5cc(N(c6ccccc6)c6ccc7ccccc7c6)ccc5c4)cc3c3cccc1c32. The second-order valence-corrected chi connectivity index (χ2v) is 13.9. The van der Waals surface area contributed by atoms with Gasteiger partial charge >= 0.3 is 0 Å². The highest BCUT2D eigenvalue weighted by Gasteiger charge is 2.34. The highest BCUT2D eigenvalue weighted by molar-refractivity contribution is 6.12. The van der Waals surface area contributed by atoms with Crippen LogP contribution in [-0.2, 0) is 5.41 Å². The molecule has 0 saturated carbocycles. The summed E-state index contributed by atoms with van der Waals surface area (Å²) in [7, 11) is 0. The molecule has 2 heterocycles. The zero-order chi connectivity index (χ0) is 32.7. The van der Waals surface area contributed by atoms with E-state index in [0.29, 0.717) is 0 Å². The van der Waals surface area contributed by atoms with Crippen molar-refractivity contribution >= 4 is 60.4 Å². The van der Waals surface area contributed by atoms with Crippen molar-refractivity contribution in [2.24, 2.45) is 0 Å². The first-order valence-corrected chi connectivity index (χ1v) is 17.1. The minimum absolute atomic E-state index is 0.0646. The van der Waals surface area contributed by atoms with Crippen molar-refractivity contribution < 1.29 is 0 Å². The Kier molecular flexibility index (Phi) is 5.95. The lowest BCUT2D eigenvalue weighted by molar-refractivity contribution is 0.630. The lowest BCUT2D eigenvalue weighted by atomic mass is 9.75. The zero-order valence-corrected chi connectivity index (χ0v) is 27.6. The Morgan fingerprint density at radius 2 is 1.04 bits per heavy atom. The van der Waals surface area contributed by atoms with Crippen molar-refractivity contribution in [3.05, 3.63) is 181 Å². The molecule has 9 aromatic rings. The van der Waals surface area contributed by atoms with Gasteiger partial charge in [0, 0.05) is 33.2 Å². The number of hydrogen-bond donors (Lipinski definition) is 0. The molecule has 2 nitrogen and oxygen atoms in total. The summed E-state index contributed by atoms with van der Waals surface area (Å²) in [6.45, 7) is 4.71. The fraction of sp³-hybridized carbons (Fsp3) is 0.0638. The van der Waals surface area contributed by atoms with Gasteiger partial charge in [-0.3, -0.25) is 0 Å². The van der Waals surface area contributed by atoms with Gasteiger partial charge in [0.1, 0.15) is 0 Å². The molecule has 1 aromatic heterocycles. The lowest BCUT2D eigenvalue weighted by Gasteiger charge is -2.34. The van der Waals surface area contributed by atoms with Crippen molar-refractivity contribution in [3.63, 3.8) is 0 Å². The molecular formula is C47H34N2. The van der Waals surface area contributed by atoms with E-state index in [2.05, 4.69) is 193 Å². The van der Waals surface area contributed by atoms with Crippen LogP contribution >= 0.6 is 0 Å². The van der Waals surface area contributed by atoms with Gasteiger partial charge in [-0.05, 0) is 104 Å². The third kappa shape index (κ3) is 4.20. The van der Waals surface area contributed by atoms with Crippen molar-refractivity contribution in [1.82, 2.24) is 4.57 Å². The minimum atomic E-state index is -0.0646. The molecule has 8 aromatic carbocycles. The minimum Gasteiger partial charge on any atom is -0.310 e. The number of benzene rings is 8. The highest BCUT2D eigenvalue weighted by Crippen LogP contribution is 2.48. The first-order valence-electron chi connectivity index (χ1n) is 17.1. The number of anilines is 3. The van der Waals surface area contributed by atoms with Crippen LogP contribution in [-0.4, -0.2) is 4.57 Å². The molecule has 0 unspecified atom stereocenters. The molecule has 0 N–H and O–H groups in total. The third-order valence-electron chi connectivity index (χ3n) is 10.7. The molecule has 49 heavy (non-hydrogen) atoms. The molecule has 1 aliphatic heterocycles. The van der Waals surface area contributed by atoms with Crippen LogP contribution < -0.4 is 4.90 Å². The van der Waals surface area contributed by atoms with Gasteiger partial charge < -0.3 is 9.47 Å². The zero-order valence-electron chi connectivity index (χ0n) is 27.6. The number of hydrogen-bond acceptors (Lipinski definition) is 1. The van der Waals surface area contributed by atoms with Crippen molar-refractivity contribution in [1.29, 1.82) is 0 Å². The molecule has 232 valence electrons. The molecule has 0 spiro atoms. The lowest BCUT2D eigenvalue weighted by Crippen LogP contribution is -2.26. The standard InChI is InChI=1S/C47H34N2/c1-47(2)42-16-8-9-18-45(42)49-44-26-23-36(30-41(44)40-15-10-17-43(47)46(40)49)33-19-20-35-29-39(25-22-34(35)27-33)48(37-13-4-3-5-14-37)38-24-21-31-11-6-7-12-32(31)28-38/h3-30H,1-2H3. The molecule has 0 atom stereocenters. The van der Waals surface area contributed by atoms with E-state index in [-0.39, 0.29) is 5.41 Å². The van der Waals surface area contributed by atoms with Crippen LogP contribution in [0.25, 0.3) is 60.2 Å². The summed E-state index contributed by atoms with van der Waals surface area (Å²) in [5.41, 5.74) is 12.5. The van der Waals surface area contributed by atoms with E-state index in [1.807, 2.05) is 0 Å². The molecule has 0 fully saturated rings. The summed E-state index contributed by atoms with van der Waals surface area (Å²) in [6, 6.07) is 62.4. The van der Waals surface area contributed by atoms with E-state index in [9.17, 15) is 0 Å². The normalized spacial score (nSPS) is 13.3. The predicted octanol–water partition coefficient (Wildman–Crippen LogP) is 12.9. The summed E-state index contributed by atoms with van der Waals surface area (Å²) in [6.07, 6.45) is 0. The van der Waals surface area contributed by atoms with E-state index in [0.717, 1.165) is 17.1 Å². The average Bonchev–Trinajstić information content (AvgIpc) is 3.48. The fourth-order valence-corrected chi connectivity index (χ4v) is 8.24. The summed E-state index contributed by atoms with van der Waals surface area (Å²) in [4.78, 5) is 2.35. The van der Waals surface area contributed by atoms with E-state index in [1.54, 1.807) is 0 Å². The first-order chi connectivity index (χ1) is 24.0. The summed E-state index contributed by atoms with van der Waals surface area (Å²) in [5, 5.41) is 7.54. The van der Waals surface area contributed by atoms with Gasteiger partial charge in [0.15, 0.2) is 0 Å². The second-order valence-electron chi connectivity index (χ2n) is 13.9. The van der Waals surface area contributed by atoms with Crippen LogP contribution in [0.3, 0.4) is 0 Å². The molecule has 1 aliphatic rings. The molecule has 0 saturated heterocycles. The Bertz CT molecular complexity index is 2750. The smallest absolute Gasteiger partial charge is 0.0582 e. The number of nitrogens with zero attached hydrogens (tertiary/aromatic N) is 2. The van der Waals surface area contributed by atoms with Gasteiger partial charge in [0.2, 0.25) is 0 Å². The van der Waals surface area contributed by atoms with Crippen LogP contribution in [0.15, 0.2) is 170 Å². The van der Waals surface area contributed by atoms with Gasteiger partial charge in [-0.2, -0.15) is 0 Å². The Hall–Kier alpha value is -6.12. The quantitative estimate of drug-likeness (QED) is 0.189. The fourth-order valence-electron chi connectivity index (χ4n) is 8.24. The number of fused-ring (bicyclic) bond motifs is 7. The van der Waals surface area contributed by atoms with Crippen LogP contribution in [0.1, 0.15) is 25.0 Å². The highest BCUT2D eigenvalue weighted by atomic mass is 15.1. The van der Waals surface area contributed by atoms with Crippen LogP contribution in [0.5, 0.6) is 0 Å². The van der Waals surface area contributed by atoms with Crippen LogP contribution in [0.4, 0.5) is 17.1 Å². The van der Waals surface area contributed by atoms with Crippen molar-refractivity contribution in [2.75, 3.05) is 4.90 Å². The summed E-state index contributed by atoms with van der Waals surface area (Å²) < 4.78 is 2.49. The van der Waals surface area contributed by atoms with Gasteiger partial charge in [-0.25, -0.2) is 0 Å². The Balaban J connectivity index is 1.09. The molecule has 0 bridgehead atoms. The van der Waals surface area contributed by atoms with Gasteiger partial charge in [-0.1, -0.05) is 123 Å². The number of rotatable bonds is 4. The third-order valence-corrected chi connectivity index (χ3v) is 10.7.